The van der Waals surface area contributed by atoms with Crippen LogP contribution in [0.1, 0.15) is 12.1 Å². The van der Waals surface area contributed by atoms with Crippen LogP contribution in [0.4, 0.5) is 0 Å². The normalized spacial score (nSPS) is 19.9. The first-order valence-corrected chi connectivity index (χ1v) is 4.77. The topological polar surface area (TPSA) is 54.0 Å². The third-order valence-electron chi connectivity index (χ3n) is 2.31. The Morgan fingerprint density at radius 3 is 3.07 bits per heavy atom. The molecule has 0 spiro atoms. The Hall–Kier alpha value is -1.42. The molecular formula is C10H13N3O. The molecule has 2 rings (SSSR count). The van der Waals surface area contributed by atoms with Crippen LogP contribution >= 0.6 is 0 Å². The number of hydrogen-bond acceptors (Lipinski definition) is 3. The number of nitrogens with one attached hydrogen (secondary N) is 2. The molecule has 1 aromatic heterocycles. The Morgan fingerprint density at radius 1 is 1.64 bits per heavy atom. The van der Waals surface area contributed by atoms with Crippen molar-refractivity contribution >= 4 is 5.91 Å². The fourth-order valence-electron chi connectivity index (χ4n) is 1.32. The summed E-state index contributed by atoms with van der Waals surface area (Å²) in [6.45, 7) is 1.46. The van der Waals surface area contributed by atoms with Gasteiger partial charge in [-0.3, -0.25) is 9.78 Å². The third-order valence-corrected chi connectivity index (χ3v) is 2.31. The molecule has 14 heavy (non-hydrogen) atoms. The molecule has 74 valence electrons. The van der Waals surface area contributed by atoms with Gasteiger partial charge < -0.3 is 10.6 Å². The van der Waals surface area contributed by atoms with Crippen molar-refractivity contribution in [3.05, 3.63) is 30.1 Å². The second-order valence-electron chi connectivity index (χ2n) is 3.33. The van der Waals surface area contributed by atoms with E-state index in [1.807, 2.05) is 18.2 Å². The number of nitrogens with zero attached hydrogens (tertiary/aromatic N) is 1. The molecule has 1 unspecified atom stereocenters. The lowest BCUT2D eigenvalue weighted by Gasteiger charge is -2.26. The van der Waals surface area contributed by atoms with Crippen molar-refractivity contribution in [1.29, 1.82) is 0 Å². The lowest BCUT2D eigenvalue weighted by molar-refractivity contribution is -0.124. The zero-order valence-electron chi connectivity index (χ0n) is 7.86. The van der Waals surface area contributed by atoms with Crippen molar-refractivity contribution in [2.45, 2.75) is 19.0 Å². The molecule has 1 aliphatic rings. The van der Waals surface area contributed by atoms with E-state index in [0.29, 0.717) is 6.54 Å². The second kappa shape index (κ2) is 4.19. The van der Waals surface area contributed by atoms with Crippen LogP contribution in [0.5, 0.6) is 0 Å². The summed E-state index contributed by atoms with van der Waals surface area (Å²) in [6.07, 6.45) is 2.66. The molecule has 1 saturated heterocycles. The SMILES string of the molecule is O=C(NCc1ccccn1)C1CCN1. The van der Waals surface area contributed by atoms with E-state index in [9.17, 15) is 4.79 Å². The summed E-state index contributed by atoms with van der Waals surface area (Å²) in [6, 6.07) is 5.68. The summed E-state index contributed by atoms with van der Waals surface area (Å²) in [7, 11) is 0. The Labute approximate surface area is 82.7 Å². The van der Waals surface area contributed by atoms with Gasteiger partial charge in [-0.1, -0.05) is 6.07 Å². The Morgan fingerprint density at radius 2 is 2.50 bits per heavy atom. The van der Waals surface area contributed by atoms with Crippen molar-refractivity contribution in [2.24, 2.45) is 0 Å². The number of aromatic nitrogens is 1. The molecule has 2 heterocycles. The third kappa shape index (κ3) is 2.09. The van der Waals surface area contributed by atoms with Gasteiger partial charge in [0, 0.05) is 6.20 Å². The minimum Gasteiger partial charge on any atom is -0.349 e. The standard InChI is InChI=1S/C10H13N3O/c14-10(9-4-6-12-9)13-7-8-3-1-2-5-11-8/h1-3,5,9,12H,4,6-7H2,(H,13,14). The maximum atomic E-state index is 11.4. The maximum absolute atomic E-state index is 11.4. The van der Waals surface area contributed by atoms with Crippen LogP contribution in [-0.4, -0.2) is 23.5 Å². The summed E-state index contributed by atoms with van der Waals surface area (Å²) in [5.41, 5.74) is 0.889. The molecule has 1 aliphatic heterocycles. The van der Waals surface area contributed by atoms with Crippen LogP contribution in [0.15, 0.2) is 24.4 Å². The number of amides is 1. The Bertz CT molecular complexity index is 308. The van der Waals surface area contributed by atoms with Crippen LogP contribution in [-0.2, 0) is 11.3 Å². The van der Waals surface area contributed by atoms with Crippen LogP contribution in [0.3, 0.4) is 0 Å². The number of rotatable bonds is 3. The summed E-state index contributed by atoms with van der Waals surface area (Å²) in [4.78, 5) is 15.5. The summed E-state index contributed by atoms with van der Waals surface area (Å²) >= 11 is 0. The summed E-state index contributed by atoms with van der Waals surface area (Å²) < 4.78 is 0. The van der Waals surface area contributed by atoms with Gasteiger partial charge in [0.2, 0.25) is 5.91 Å². The van der Waals surface area contributed by atoms with Crippen LogP contribution in [0.25, 0.3) is 0 Å². The van der Waals surface area contributed by atoms with E-state index >= 15 is 0 Å². The van der Waals surface area contributed by atoms with Crippen molar-refractivity contribution in [1.82, 2.24) is 15.6 Å². The fraction of sp³-hybridized carbons (Fsp3) is 0.400. The van der Waals surface area contributed by atoms with Crippen molar-refractivity contribution in [3.8, 4) is 0 Å². The first-order chi connectivity index (χ1) is 6.86. The Kier molecular flexibility index (Phi) is 2.74. The highest BCUT2D eigenvalue weighted by atomic mass is 16.2. The molecule has 1 fully saturated rings. The first-order valence-electron chi connectivity index (χ1n) is 4.77. The Balaban J connectivity index is 1.79. The minimum atomic E-state index is 0.0127. The molecule has 0 radical (unpaired) electrons. The average Bonchev–Trinajstić information content (AvgIpc) is 2.14. The molecular weight excluding hydrogens is 178 g/mol. The van der Waals surface area contributed by atoms with E-state index in [1.54, 1.807) is 6.20 Å². The number of hydrogen-bond donors (Lipinski definition) is 2. The van der Waals surface area contributed by atoms with Gasteiger partial charge in [0.15, 0.2) is 0 Å². The van der Waals surface area contributed by atoms with Gasteiger partial charge in [0.25, 0.3) is 0 Å². The van der Waals surface area contributed by atoms with Crippen molar-refractivity contribution in [2.75, 3.05) is 6.54 Å². The molecule has 2 N–H and O–H groups in total. The van der Waals surface area contributed by atoms with Gasteiger partial charge >= 0.3 is 0 Å². The predicted octanol–water partition coefficient (Wildman–Crippen LogP) is 0.0597. The van der Waals surface area contributed by atoms with E-state index in [4.69, 9.17) is 0 Å². The summed E-state index contributed by atoms with van der Waals surface area (Å²) in [5.74, 6) is 0.0712. The van der Waals surface area contributed by atoms with Gasteiger partial charge in [0.05, 0.1) is 18.3 Å². The fourth-order valence-corrected chi connectivity index (χ4v) is 1.32. The smallest absolute Gasteiger partial charge is 0.237 e. The molecule has 1 amide bonds. The zero-order chi connectivity index (χ0) is 9.80. The zero-order valence-corrected chi connectivity index (χ0v) is 7.86. The summed E-state index contributed by atoms with van der Waals surface area (Å²) in [5, 5.41) is 5.89. The molecule has 0 saturated carbocycles. The highest BCUT2D eigenvalue weighted by Crippen LogP contribution is 2.01. The second-order valence-corrected chi connectivity index (χ2v) is 3.33. The molecule has 0 aliphatic carbocycles. The lowest BCUT2D eigenvalue weighted by Crippen LogP contribution is -2.53. The number of carbonyl (C=O) groups excluding carboxylic acids is 1. The highest BCUT2D eigenvalue weighted by molar-refractivity contribution is 5.82. The highest BCUT2D eigenvalue weighted by Gasteiger charge is 2.23. The first kappa shape index (κ1) is 9.15. The van der Waals surface area contributed by atoms with Gasteiger partial charge in [-0.2, -0.15) is 0 Å². The van der Waals surface area contributed by atoms with E-state index < -0.39 is 0 Å². The van der Waals surface area contributed by atoms with E-state index in [0.717, 1.165) is 18.7 Å². The van der Waals surface area contributed by atoms with Crippen LogP contribution in [0.2, 0.25) is 0 Å². The van der Waals surface area contributed by atoms with Crippen molar-refractivity contribution < 1.29 is 4.79 Å². The molecule has 1 aromatic rings. The van der Waals surface area contributed by atoms with Gasteiger partial charge in [-0.25, -0.2) is 0 Å². The molecule has 0 bridgehead atoms. The number of pyridine rings is 1. The molecule has 0 aromatic carbocycles. The van der Waals surface area contributed by atoms with Crippen LogP contribution in [0, 0.1) is 0 Å². The quantitative estimate of drug-likeness (QED) is 0.710. The van der Waals surface area contributed by atoms with Gasteiger partial charge in [-0.15, -0.1) is 0 Å². The minimum absolute atomic E-state index is 0.0127. The van der Waals surface area contributed by atoms with Crippen molar-refractivity contribution in [3.63, 3.8) is 0 Å². The van der Waals surface area contributed by atoms with Gasteiger partial charge in [-0.05, 0) is 25.1 Å². The molecule has 4 nitrogen and oxygen atoms in total. The molecule has 1 atom stereocenters. The van der Waals surface area contributed by atoms with E-state index in [2.05, 4.69) is 15.6 Å². The largest absolute Gasteiger partial charge is 0.349 e. The predicted molar refractivity (Wildman–Crippen MR) is 52.5 cm³/mol. The number of carbonyl (C=O) groups is 1. The lowest BCUT2D eigenvalue weighted by atomic mass is 10.1. The maximum Gasteiger partial charge on any atom is 0.237 e. The van der Waals surface area contributed by atoms with E-state index in [1.165, 1.54) is 0 Å². The van der Waals surface area contributed by atoms with Gasteiger partial charge in [0.1, 0.15) is 0 Å². The van der Waals surface area contributed by atoms with E-state index in [-0.39, 0.29) is 11.9 Å². The van der Waals surface area contributed by atoms with Crippen LogP contribution < -0.4 is 10.6 Å². The molecule has 4 heteroatoms. The average molecular weight is 191 g/mol. The monoisotopic (exact) mass is 191 g/mol.